The Balaban J connectivity index is 1.37. The highest BCUT2D eigenvalue weighted by molar-refractivity contribution is 8.25. The van der Waals surface area contributed by atoms with E-state index in [1.165, 1.54) is 6.07 Å². The Bertz CT molecular complexity index is 1600. The summed E-state index contributed by atoms with van der Waals surface area (Å²) >= 11 is 0. The van der Waals surface area contributed by atoms with E-state index in [4.69, 9.17) is 0 Å². The molecule has 1 aromatic heterocycles. The SMILES string of the molecule is CCn1ncc2c(N3CCCS3(O)O)cc(C(=O)N[C@@H](Cc3ccccc3)[C@H](O)CNCc3cccc(C(F)(F)F)c3)cc21. The molecule has 0 spiro atoms. The van der Waals surface area contributed by atoms with Crippen LogP contribution in [0.2, 0.25) is 0 Å². The highest BCUT2D eigenvalue weighted by Crippen LogP contribution is 2.52. The van der Waals surface area contributed by atoms with Gasteiger partial charge in [0.1, 0.15) is 0 Å². The van der Waals surface area contributed by atoms with Crippen molar-refractivity contribution in [3.8, 4) is 0 Å². The van der Waals surface area contributed by atoms with Gasteiger partial charge in [-0.1, -0.05) is 48.5 Å². The number of hydrogen-bond acceptors (Lipinski definition) is 7. The minimum absolute atomic E-state index is 0.00952. The number of anilines is 1. The largest absolute Gasteiger partial charge is 0.416 e. The number of amides is 1. The van der Waals surface area contributed by atoms with Gasteiger partial charge in [-0.15, -0.1) is 10.8 Å². The third-order valence-corrected chi connectivity index (χ3v) is 9.64. The molecule has 5 rings (SSSR count). The van der Waals surface area contributed by atoms with Crippen LogP contribution in [0.15, 0.2) is 72.9 Å². The minimum Gasteiger partial charge on any atom is -0.390 e. The van der Waals surface area contributed by atoms with E-state index in [1.54, 1.807) is 33.4 Å². The summed E-state index contributed by atoms with van der Waals surface area (Å²) in [7, 11) is -3.04. The number of rotatable bonds is 11. The van der Waals surface area contributed by atoms with Gasteiger partial charge in [-0.05, 0) is 49.1 Å². The number of hydrogen-bond donors (Lipinski definition) is 5. The number of aromatic nitrogens is 2. The molecule has 1 aliphatic rings. The van der Waals surface area contributed by atoms with Crippen LogP contribution in [0, 0.1) is 0 Å². The van der Waals surface area contributed by atoms with Crippen molar-refractivity contribution in [1.29, 1.82) is 0 Å². The molecular weight excluding hydrogens is 595 g/mol. The van der Waals surface area contributed by atoms with Gasteiger partial charge in [-0.25, -0.2) is 0 Å². The highest BCUT2D eigenvalue weighted by Gasteiger charge is 2.32. The molecule has 2 atom stereocenters. The lowest BCUT2D eigenvalue weighted by atomic mass is 10.00. The van der Waals surface area contributed by atoms with Crippen LogP contribution in [0.1, 0.15) is 40.4 Å². The molecule has 1 fully saturated rings. The van der Waals surface area contributed by atoms with Crippen molar-refractivity contribution in [2.75, 3.05) is 23.1 Å². The number of fused-ring (bicyclic) bond motifs is 1. The summed E-state index contributed by atoms with van der Waals surface area (Å²) in [5, 5.41) is 22.3. The summed E-state index contributed by atoms with van der Waals surface area (Å²) in [6.07, 6.45) is -2.99. The zero-order valence-electron chi connectivity index (χ0n) is 24.2. The van der Waals surface area contributed by atoms with Gasteiger partial charge in [0.25, 0.3) is 5.91 Å². The molecule has 1 aliphatic heterocycles. The van der Waals surface area contributed by atoms with Gasteiger partial charge in [0.15, 0.2) is 0 Å². The molecule has 236 valence electrons. The first-order chi connectivity index (χ1) is 21.0. The Morgan fingerprint density at radius 1 is 1.07 bits per heavy atom. The average Bonchev–Trinajstić information content (AvgIpc) is 3.58. The molecule has 0 unspecified atom stereocenters. The van der Waals surface area contributed by atoms with E-state index in [9.17, 15) is 32.2 Å². The molecule has 4 aromatic rings. The summed E-state index contributed by atoms with van der Waals surface area (Å²) in [6.45, 7) is 2.98. The zero-order valence-corrected chi connectivity index (χ0v) is 25.0. The van der Waals surface area contributed by atoms with E-state index in [-0.39, 0.29) is 24.4 Å². The third kappa shape index (κ3) is 7.19. The van der Waals surface area contributed by atoms with Crippen molar-refractivity contribution in [3.05, 3.63) is 95.2 Å². The van der Waals surface area contributed by atoms with Crippen LogP contribution in [-0.4, -0.2) is 60.9 Å². The van der Waals surface area contributed by atoms with Crippen LogP contribution in [-0.2, 0) is 25.7 Å². The number of carbonyl (C=O) groups is 1. The molecule has 2 heterocycles. The van der Waals surface area contributed by atoms with E-state index < -0.39 is 40.6 Å². The normalized spacial score (nSPS) is 17.0. The molecular formula is C31H36F3N5O4S. The summed E-state index contributed by atoms with van der Waals surface area (Å²) in [6, 6.07) is 16.9. The van der Waals surface area contributed by atoms with E-state index in [1.807, 2.05) is 37.3 Å². The fraction of sp³-hybridized carbons (Fsp3) is 0.355. The maximum Gasteiger partial charge on any atom is 0.416 e. The number of nitrogens with one attached hydrogen (secondary N) is 2. The number of aliphatic hydroxyl groups excluding tert-OH is 1. The number of halogens is 3. The number of benzene rings is 3. The minimum atomic E-state index is -4.45. The lowest BCUT2D eigenvalue weighted by molar-refractivity contribution is -0.137. The Hall–Kier alpha value is -3.62. The molecule has 9 nitrogen and oxygen atoms in total. The van der Waals surface area contributed by atoms with Gasteiger partial charge >= 0.3 is 6.18 Å². The smallest absolute Gasteiger partial charge is 0.390 e. The summed E-state index contributed by atoms with van der Waals surface area (Å²) in [5.74, 6) is -0.225. The molecule has 1 saturated heterocycles. The van der Waals surface area contributed by atoms with Crippen LogP contribution >= 0.6 is 10.8 Å². The van der Waals surface area contributed by atoms with Gasteiger partial charge in [0, 0.05) is 37.1 Å². The molecule has 0 radical (unpaired) electrons. The van der Waals surface area contributed by atoms with Gasteiger partial charge in [0.2, 0.25) is 0 Å². The third-order valence-electron chi connectivity index (χ3n) is 7.72. The van der Waals surface area contributed by atoms with Gasteiger partial charge in [-0.2, -0.15) is 18.3 Å². The first-order valence-corrected chi connectivity index (χ1v) is 16.1. The lowest BCUT2D eigenvalue weighted by Gasteiger charge is -2.38. The lowest BCUT2D eigenvalue weighted by Crippen LogP contribution is -2.48. The quantitative estimate of drug-likeness (QED) is 0.149. The summed E-state index contributed by atoms with van der Waals surface area (Å²) < 4.78 is 64.0. The van der Waals surface area contributed by atoms with Crippen molar-refractivity contribution in [3.63, 3.8) is 0 Å². The number of aliphatic hydroxyl groups is 1. The number of nitrogens with zero attached hydrogens (tertiary/aromatic N) is 3. The van der Waals surface area contributed by atoms with Crippen LogP contribution < -0.4 is 14.9 Å². The summed E-state index contributed by atoms with van der Waals surface area (Å²) in [4.78, 5) is 13.8. The predicted molar refractivity (Wildman–Crippen MR) is 166 cm³/mol. The number of aryl methyl sites for hydroxylation is 1. The molecule has 44 heavy (non-hydrogen) atoms. The standard InChI is InChI=1S/C31H36F3N5O4S/c1-2-38-27-16-23(17-28(25(27)19-36-38)39-12-7-13-44(39,42)43)30(41)37-26(15-21-8-4-3-5-9-21)29(40)20-35-18-22-10-6-11-24(14-22)31(32,33)34/h3-6,8-11,14,16-17,19,26,29,35,40,42-43H,2,7,12-13,15,18,20H2,1H3,(H,37,41)/t26-,29+/m0/s1. The van der Waals surface area contributed by atoms with Gasteiger partial charge < -0.3 is 15.7 Å². The van der Waals surface area contributed by atoms with Crippen LogP contribution in [0.3, 0.4) is 0 Å². The molecule has 3 aromatic carbocycles. The number of carbonyl (C=O) groups excluding carboxylic acids is 1. The molecule has 13 heteroatoms. The molecule has 0 bridgehead atoms. The Morgan fingerprint density at radius 2 is 1.82 bits per heavy atom. The summed E-state index contributed by atoms with van der Waals surface area (Å²) in [5.41, 5.74) is 1.99. The van der Waals surface area contributed by atoms with E-state index in [0.717, 1.165) is 17.7 Å². The zero-order chi connectivity index (χ0) is 31.5. The van der Waals surface area contributed by atoms with E-state index in [0.29, 0.717) is 48.1 Å². The van der Waals surface area contributed by atoms with Crippen molar-refractivity contribution in [1.82, 2.24) is 20.4 Å². The fourth-order valence-corrected chi connectivity index (χ4v) is 7.08. The Labute approximate surface area is 255 Å². The van der Waals surface area contributed by atoms with Crippen LogP contribution in [0.25, 0.3) is 10.9 Å². The second-order valence-corrected chi connectivity index (χ2v) is 13.0. The maximum absolute atomic E-state index is 13.8. The van der Waals surface area contributed by atoms with Crippen molar-refractivity contribution in [2.45, 2.75) is 51.2 Å². The first kappa shape index (κ1) is 31.8. The average molecular weight is 632 g/mol. The number of alkyl halides is 3. The van der Waals surface area contributed by atoms with Crippen molar-refractivity contribution in [2.24, 2.45) is 0 Å². The topological polar surface area (TPSA) is 123 Å². The maximum atomic E-state index is 13.8. The van der Waals surface area contributed by atoms with Crippen LogP contribution in [0.5, 0.6) is 0 Å². The van der Waals surface area contributed by atoms with E-state index in [2.05, 4.69) is 15.7 Å². The monoisotopic (exact) mass is 631 g/mol. The van der Waals surface area contributed by atoms with Crippen molar-refractivity contribution < 1.29 is 32.2 Å². The molecule has 5 N–H and O–H groups in total. The molecule has 0 saturated carbocycles. The van der Waals surface area contributed by atoms with Gasteiger partial charge in [-0.3, -0.25) is 22.9 Å². The van der Waals surface area contributed by atoms with Gasteiger partial charge in [0.05, 0.1) is 40.9 Å². The van der Waals surface area contributed by atoms with Crippen molar-refractivity contribution >= 4 is 33.3 Å². The second-order valence-electron chi connectivity index (χ2n) is 10.8. The highest BCUT2D eigenvalue weighted by atomic mass is 32.3. The van der Waals surface area contributed by atoms with E-state index >= 15 is 0 Å². The fourth-order valence-electron chi connectivity index (χ4n) is 5.45. The Kier molecular flexibility index (Phi) is 9.51. The van der Waals surface area contributed by atoms with Crippen LogP contribution in [0.4, 0.5) is 18.9 Å². The Morgan fingerprint density at radius 3 is 2.50 bits per heavy atom. The second kappa shape index (κ2) is 13.2. The molecule has 1 amide bonds. The molecule has 0 aliphatic carbocycles. The predicted octanol–water partition coefficient (Wildman–Crippen LogP) is 5.44. The first-order valence-electron chi connectivity index (χ1n) is 14.4.